The number of nitrogens with zero attached hydrogens (tertiary/aromatic N) is 2. The molecule has 2 aromatic rings. The molecule has 0 aliphatic carbocycles. The van der Waals surface area contributed by atoms with E-state index in [0.29, 0.717) is 16.6 Å². The standard InChI is InChI=1S/C16H15Cl2N3O2/c1-21(10-11-4-2-3-5-13(11)18)15(22)9-20-16(23)14-8-12(17)6-7-19-14/h2-8H,9-10H2,1H3,(H,20,23). The van der Waals surface area contributed by atoms with Crippen LogP contribution < -0.4 is 5.32 Å². The highest BCUT2D eigenvalue weighted by Crippen LogP contribution is 2.16. The Balaban J connectivity index is 1.89. The van der Waals surface area contributed by atoms with Gasteiger partial charge in [0, 0.05) is 29.8 Å². The maximum Gasteiger partial charge on any atom is 0.270 e. The molecule has 23 heavy (non-hydrogen) atoms. The molecule has 7 heteroatoms. The van der Waals surface area contributed by atoms with Gasteiger partial charge in [-0.3, -0.25) is 14.6 Å². The fourth-order valence-electron chi connectivity index (χ4n) is 1.88. The second kappa shape index (κ2) is 7.94. The Morgan fingerprint density at radius 1 is 1.22 bits per heavy atom. The molecule has 0 radical (unpaired) electrons. The van der Waals surface area contributed by atoms with Gasteiger partial charge in [-0.15, -0.1) is 0 Å². The van der Waals surface area contributed by atoms with Crippen molar-refractivity contribution in [1.29, 1.82) is 0 Å². The van der Waals surface area contributed by atoms with Crippen LogP contribution in [-0.4, -0.2) is 35.3 Å². The van der Waals surface area contributed by atoms with Gasteiger partial charge >= 0.3 is 0 Å². The predicted octanol–water partition coefficient (Wildman–Crippen LogP) is 2.78. The van der Waals surface area contributed by atoms with E-state index in [0.717, 1.165) is 5.56 Å². The first kappa shape index (κ1) is 17.2. The highest BCUT2D eigenvalue weighted by molar-refractivity contribution is 6.31. The number of aromatic nitrogens is 1. The first-order chi connectivity index (χ1) is 11.0. The van der Waals surface area contributed by atoms with Gasteiger partial charge in [-0.2, -0.15) is 0 Å². The SMILES string of the molecule is CN(Cc1ccccc1Cl)C(=O)CNC(=O)c1cc(Cl)ccn1. The average molecular weight is 352 g/mol. The van der Waals surface area contributed by atoms with Crippen LogP contribution in [0.2, 0.25) is 10.0 Å². The fourth-order valence-corrected chi connectivity index (χ4v) is 2.24. The van der Waals surface area contributed by atoms with E-state index in [1.54, 1.807) is 19.2 Å². The van der Waals surface area contributed by atoms with Crippen molar-refractivity contribution < 1.29 is 9.59 Å². The first-order valence-electron chi connectivity index (χ1n) is 6.84. The summed E-state index contributed by atoms with van der Waals surface area (Å²) in [6.07, 6.45) is 1.43. The van der Waals surface area contributed by atoms with Crippen LogP contribution in [0.1, 0.15) is 16.1 Å². The molecular formula is C16H15Cl2N3O2. The Morgan fingerprint density at radius 2 is 1.96 bits per heavy atom. The Kier molecular flexibility index (Phi) is 5.96. The van der Waals surface area contributed by atoms with Crippen molar-refractivity contribution >= 4 is 35.0 Å². The van der Waals surface area contributed by atoms with Gasteiger partial charge in [0.1, 0.15) is 5.69 Å². The van der Waals surface area contributed by atoms with Gasteiger partial charge in [0.05, 0.1) is 6.54 Å². The van der Waals surface area contributed by atoms with E-state index in [4.69, 9.17) is 23.2 Å². The summed E-state index contributed by atoms with van der Waals surface area (Å²) in [7, 11) is 1.65. The third kappa shape index (κ3) is 4.94. The van der Waals surface area contributed by atoms with Crippen LogP contribution in [0.4, 0.5) is 0 Å². The monoisotopic (exact) mass is 351 g/mol. The van der Waals surface area contributed by atoms with E-state index in [2.05, 4.69) is 10.3 Å². The first-order valence-corrected chi connectivity index (χ1v) is 7.60. The quantitative estimate of drug-likeness (QED) is 0.900. The molecule has 1 aromatic heterocycles. The van der Waals surface area contributed by atoms with Crippen LogP contribution in [-0.2, 0) is 11.3 Å². The minimum atomic E-state index is -0.452. The average Bonchev–Trinajstić information content (AvgIpc) is 2.54. The number of halogens is 2. The predicted molar refractivity (Wildman–Crippen MR) is 89.5 cm³/mol. The lowest BCUT2D eigenvalue weighted by Gasteiger charge is -2.18. The van der Waals surface area contributed by atoms with Crippen LogP contribution >= 0.6 is 23.2 Å². The van der Waals surface area contributed by atoms with Gasteiger partial charge in [-0.25, -0.2) is 0 Å². The second-order valence-corrected chi connectivity index (χ2v) is 5.73. The van der Waals surface area contributed by atoms with Crippen LogP contribution in [0.5, 0.6) is 0 Å². The molecule has 1 N–H and O–H groups in total. The molecule has 5 nitrogen and oxygen atoms in total. The molecule has 0 saturated carbocycles. The number of amides is 2. The van der Waals surface area contributed by atoms with Crippen molar-refractivity contribution in [2.75, 3.05) is 13.6 Å². The summed E-state index contributed by atoms with van der Waals surface area (Å²) in [6, 6.07) is 10.3. The Hall–Kier alpha value is -2.11. The van der Waals surface area contributed by atoms with Crippen molar-refractivity contribution in [3.63, 3.8) is 0 Å². The number of pyridine rings is 1. The molecule has 120 valence electrons. The van der Waals surface area contributed by atoms with E-state index in [1.807, 2.05) is 18.2 Å². The molecule has 0 unspecified atom stereocenters. The zero-order valence-corrected chi connectivity index (χ0v) is 13.9. The van der Waals surface area contributed by atoms with E-state index in [9.17, 15) is 9.59 Å². The van der Waals surface area contributed by atoms with Gasteiger partial charge in [0.15, 0.2) is 0 Å². The van der Waals surface area contributed by atoms with Crippen molar-refractivity contribution in [2.45, 2.75) is 6.54 Å². The van der Waals surface area contributed by atoms with Crippen LogP contribution in [0.25, 0.3) is 0 Å². The number of hydrogen-bond donors (Lipinski definition) is 1. The van der Waals surface area contributed by atoms with Gasteiger partial charge in [-0.05, 0) is 23.8 Å². The number of hydrogen-bond acceptors (Lipinski definition) is 3. The Bertz CT molecular complexity index is 722. The molecule has 1 aromatic carbocycles. The summed E-state index contributed by atoms with van der Waals surface area (Å²) in [6.45, 7) is 0.234. The summed E-state index contributed by atoms with van der Waals surface area (Å²) >= 11 is 11.9. The molecule has 0 aliphatic rings. The summed E-state index contributed by atoms with van der Waals surface area (Å²) < 4.78 is 0. The molecule has 0 aliphatic heterocycles. The van der Waals surface area contributed by atoms with Gasteiger partial charge in [0.2, 0.25) is 5.91 Å². The number of rotatable bonds is 5. The number of likely N-dealkylation sites (N-methyl/N-ethyl adjacent to an activating group) is 1. The molecule has 0 saturated heterocycles. The van der Waals surface area contributed by atoms with Crippen LogP contribution in [0.3, 0.4) is 0 Å². The van der Waals surface area contributed by atoms with Crippen molar-refractivity contribution in [3.05, 3.63) is 63.9 Å². The van der Waals surface area contributed by atoms with E-state index >= 15 is 0 Å². The second-order valence-electron chi connectivity index (χ2n) is 4.88. The van der Waals surface area contributed by atoms with E-state index in [-0.39, 0.29) is 18.1 Å². The van der Waals surface area contributed by atoms with Crippen molar-refractivity contribution in [2.24, 2.45) is 0 Å². The smallest absolute Gasteiger partial charge is 0.270 e. The van der Waals surface area contributed by atoms with E-state index in [1.165, 1.54) is 17.2 Å². The van der Waals surface area contributed by atoms with Gasteiger partial charge < -0.3 is 10.2 Å². The normalized spacial score (nSPS) is 10.2. The lowest BCUT2D eigenvalue weighted by Crippen LogP contribution is -2.38. The molecule has 0 fully saturated rings. The van der Waals surface area contributed by atoms with E-state index < -0.39 is 5.91 Å². The number of nitrogens with one attached hydrogen (secondary N) is 1. The molecule has 2 rings (SSSR count). The summed E-state index contributed by atoms with van der Waals surface area (Å²) in [4.78, 5) is 29.4. The highest BCUT2D eigenvalue weighted by atomic mass is 35.5. The zero-order valence-electron chi connectivity index (χ0n) is 12.4. The van der Waals surface area contributed by atoms with Crippen molar-refractivity contribution in [1.82, 2.24) is 15.2 Å². The Morgan fingerprint density at radius 3 is 2.65 bits per heavy atom. The topological polar surface area (TPSA) is 62.3 Å². The summed E-state index contributed by atoms with van der Waals surface area (Å²) in [5.74, 6) is -0.688. The lowest BCUT2D eigenvalue weighted by molar-refractivity contribution is -0.129. The Labute approximate surface area is 144 Å². The largest absolute Gasteiger partial charge is 0.342 e. The maximum absolute atomic E-state index is 12.1. The van der Waals surface area contributed by atoms with Crippen molar-refractivity contribution in [3.8, 4) is 0 Å². The van der Waals surface area contributed by atoms with Crippen LogP contribution in [0, 0.1) is 0 Å². The van der Waals surface area contributed by atoms with Crippen LogP contribution in [0.15, 0.2) is 42.6 Å². The lowest BCUT2D eigenvalue weighted by atomic mass is 10.2. The molecule has 2 amide bonds. The number of benzene rings is 1. The molecule has 0 bridgehead atoms. The minimum absolute atomic E-state index is 0.131. The third-order valence-corrected chi connectivity index (χ3v) is 3.75. The third-order valence-electron chi connectivity index (χ3n) is 3.15. The fraction of sp³-hybridized carbons (Fsp3) is 0.188. The molecule has 0 atom stereocenters. The summed E-state index contributed by atoms with van der Waals surface area (Å²) in [5.41, 5.74) is 1.01. The molecular weight excluding hydrogens is 337 g/mol. The number of carbonyl (C=O) groups excluding carboxylic acids is 2. The molecule has 0 spiro atoms. The molecule has 1 heterocycles. The highest BCUT2D eigenvalue weighted by Gasteiger charge is 2.14. The maximum atomic E-state index is 12.1. The summed E-state index contributed by atoms with van der Waals surface area (Å²) in [5, 5.41) is 3.53. The zero-order chi connectivity index (χ0) is 16.8. The minimum Gasteiger partial charge on any atom is -0.342 e. The van der Waals surface area contributed by atoms with Gasteiger partial charge in [-0.1, -0.05) is 41.4 Å². The van der Waals surface area contributed by atoms with Gasteiger partial charge in [0.25, 0.3) is 5.91 Å². The number of carbonyl (C=O) groups is 2.